The Kier molecular flexibility index (Phi) is 2.99. The highest BCUT2D eigenvalue weighted by Gasteiger charge is 2.25. The molecule has 0 bridgehead atoms. The minimum absolute atomic E-state index is 0.507. The van der Waals surface area contributed by atoms with E-state index in [2.05, 4.69) is 0 Å². The van der Waals surface area contributed by atoms with Crippen LogP contribution in [0.5, 0.6) is 0 Å². The normalized spacial score (nSPS) is 9.80. The van der Waals surface area contributed by atoms with Crippen LogP contribution in [0.4, 0.5) is 10.1 Å². The molecule has 0 spiro atoms. The van der Waals surface area contributed by atoms with Gasteiger partial charge in [-0.25, -0.2) is 4.39 Å². The number of benzene rings is 1. The average molecular weight is 212 g/mol. The third kappa shape index (κ3) is 2.09. The molecule has 0 heterocycles. The second kappa shape index (κ2) is 4.04. The molecule has 1 aromatic rings. The predicted molar refractivity (Wildman–Crippen MR) is 51.1 cm³/mol. The lowest BCUT2D eigenvalue weighted by Crippen LogP contribution is -2.23. The summed E-state index contributed by atoms with van der Waals surface area (Å²) in [6.07, 6.45) is 0. The first kappa shape index (κ1) is 11.1. The Morgan fingerprint density at radius 2 is 2.07 bits per heavy atom. The van der Waals surface area contributed by atoms with Crippen molar-refractivity contribution in [2.24, 2.45) is 0 Å². The first-order valence-electron chi connectivity index (χ1n) is 4.09. The van der Waals surface area contributed by atoms with Crippen LogP contribution >= 0.6 is 0 Å². The van der Waals surface area contributed by atoms with E-state index in [0.29, 0.717) is 0 Å². The Balaban J connectivity index is 3.37. The van der Waals surface area contributed by atoms with Crippen molar-refractivity contribution < 1.29 is 14.1 Å². The molecule has 15 heavy (non-hydrogen) atoms. The predicted octanol–water partition coefficient (Wildman–Crippen LogP) is 1.44. The highest BCUT2D eigenvalue weighted by molar-refractivity contribution is 5.98. The Morgan fingerprint density at radius 1 is 1.47 bits per heavy atom. The smallest absolute Gasteiger partial charge is 0.285 e. The van der Waals surface area contributed by atoms with Crippen LogP contribution in [-0.4, -0.2) is 29.8 Å². The Labute approximate surface area is 85.3 Å². The fourth-order valence-electron chi connectivity index (χ4n) is 1.10. The van der Waals surface area contributed by atoms with E-state index >= 15 is 0 Å². The van der Waals surface area contributed by atoms with Gasteiger partial charge in [0.25, 0.3) is 11.6 Å². The van der Waals surface area contributed by atoms with E-state index in [1.165, 1.54) is 20.2 Å². The summed E-state index contributed by atoms with van der Waals surface area (Å²) in [4.78, 5) is 22.4. The van der Waals surface area contributed by atoms with E-state index in [0.717, 1.165) is 17.0 Å². The molecule has 0 unspecified atom stereocenters. The summed E-state index contributed by atoms with van der Waals surface area (Å²) in [5.74, 6) is -1.61. The fraction of sp³-hybridized carbons (Fsp3) is 0.222. The van der Waals surface area contributed by atoms with E-state index < -0.39 is 27.9 Å². The van der Waals surface area contributed by atoms with Crippen molar-refractivity contribution in [2.75, 3.05) is 14.1 Å². The van der Waals surface area contributed by atoms with Gasteiger partial charge in [0, 0.05) is 20.2 Å². The van der Waals surface area contributed by atoms with Gasteiger partial charge < -0.3 is 4.90 Å². The molecule has 0 aliphatic rings. The maximum absolute atomic E-state index is 13.3. The highest BCUT2D eigenvalue weighted by atomic mass is 19.1. The summed E-state index contributed by atoms with van der Waals surface area (Å²) in [6.45, 7) is 0. The van der Waals surface area contributed by atoms with Gasteiger partial charge in [-0.05, 0) is 6.07 Å². The zero-order valence-corrected chi connectivity index (χ0v) is 8.23. The standard InChI is InChI=1S/C9H9FN2O3/c1-11(2)9(13)8-6(10)4-3-5-7(8)12(14)15/h3-5H,1-2H3. The number of hydrogen-bond acceptors (Lipinski definition) is 3. The third-order valence-corrected chi connectivity index (χ3v) is 1.81. The average Bonchev–Trinajstić information content (AvgIpc) is 2.16. The van der Waals surface area contributed by atoms with Gasteiger partial charge >= 0.3 is 0 Å². The molecule has 0 atom stereocenters. The van der Waals surface area contributed by atoms with Crippen LogP contribution in [0, 0.1) is 15.9 Å². The summed E-state index contributed by atoms with van der Waals surface area (Å²) in [7, 11) is 2.80. The van der Waals surface area contributed by atoms with E-state index in [1.807, 2.05) is 0 Å². The number of nitro benzene ring substituents is 1. The van der Waals surface area contributed by atoms with Crippen LogP contribution in [0.1, 0.15) is 10.4 Å². The molecule has 0 saturated heterocycles. The lowest BCUT2D eigenvalue weighted by molar-refractivity contribution is -0.385. The summed E-state index contributed by atoms with van der Waals surface area (Å²) >= 11 is 0. The zero-order valence-electron chi connectivity index (χ0n) is 8.23. The largest absolute Gasteiger partial charge is 0.344 e. The number of carbonyl (C=O) groups is 1. The van der Waals surface area contributed by atoms with E-state index in [1.54, 1.807) is 0 Å². The third-order valence-electron chi connectivity index (χ3n) is 1.81. The number of amides is 1. The maximum atomic E-state index is 13.3. The maximum Gasteiger partial charge on any atom is 0.285 e. The van der Waals surface area contributed by atoms with Gasteiger partial charge in [-0.3, -0.25) is 14.9 Å². The fourth-order valence-corrected chi connectivity index (χ4v) is 1.10. The molecule has 6 heteroatoms. The van der Waals surface area contributed by atoms with Crippen molar-refractivity contribution in [3.63, 3.8) is 0 Å². The summed E-state index contributed by atoms with van der Waals surface area (Å²) in [6, 6.07) is 3.31. The number of nitrogens with zero attached hydrogens (tertiary/aromatic N) is 2. The van der Waals surface area contributed by atoms with Crippen LogP contribution < -0.4 is 0 Å². The second-order valence-electron chi connectivity index (χ2n) is 3.09. The molecule has 1 rings (SSSR count). The molecule has 1 aromatic carbocycles. The van der Waals surface area contributed by atoms with Gasteiger partial charge in [0.15, 0.2) is 5.56 Å². The second-order valence-corrected chi connectivity index (χ2v) is 3.09. The van der Waals surface area contributed by atoms with Crippen molar-refractivity contribution >= 4 is 11.6 Å². The minimum atomic E-state index is -0.886. The first-order valence-corrected chi connectivity index (χ1v) is 4.09. The van der Waals surface area contributed by atoms with E-state index in [4.69, 9.17) is 0 Å². The van der Waals surface area contributed by atoms with Gasteiger partial charge in [0.2, 0.25) is 0 Å². The minimum Gasteiger partial charge on any atom is -0.344 e. The lowest BCUT2D eigenvalue weighted by Gasteiger charge is -2.10. The Hall–Kier alpha value is -1.98. The van der Waals surface area contributed by atoms with Crippen LogP contribution in [0.3, 0.4) is 0 Å². The van der Waals surface area contributed by atoms with E-state index in [9.17, 15) is 19.3 Å². The zero-order chi connectivity index (χ0) is 11.6. The summed E-state index contributed by atoms with van der Waals surface area (Å²) < 4.78 is 13.3. The highest BCUT2D eigenvalue weighted by Crippen LogP contribution is 2.22. The van der Waals surface area contributed by atoms with Gasteiger partial charge in [0.05, 0.1) is 4.92 Å². The molecule has 80 valence electrons. The van der Waals surface area contributed by atoms with Crippen LogP contribution in [0.25, 0.3) is 0 Å². The molecular weight excluding hydrogens is 203 g/mol. The van der Waals surface area contributed by atoms with Gasteiger partial charge in [-0.1, -0.05) is 6.07 Å². The molecule has 0 aliphatic heterocycles. The van der Waals surface area contributed by atoms with Crippen molar-refractivity contribution in [1.29, 1.82) is 0 Å². The van der Waals surface area contributed by atoms with Crippen molar-refractivity contribution in [2.45, 2.75) is 0 Å². The van der Waals surface area contributed by atoms with Crippen molar-refractivity contribution in [3.8, 4) is 0 Å². The van der Waals surface area contributed by atoms with E-state index in [-0.39, 0.29) is 0 Å². The molecule has 0 fully saturated rings. The van der Waals surface area contributed by atoms with Gasteiger partial charge in [-0.2, -0.15) is 0 Å². The molecule has 1 amide bonds. The first-order chi connectivity index (χ1) is 6.95. The van der Waals surface area contributed by atoms with Gasteiger partial charge in [-0.15, -0.1) is 0 Å². The number of rotatable bonds is 2. The number of hydrogen-bond donors (Lipinski definition) is 0. The molecule has 0 saturated carbocycles. The molecule has 0 radical (unpaired) electrons. The van der Waals surface area contributed by atoms with Crippen molar-refractivity contribution in [3.05, 3.63) is 39.7 Å². The molecule has 0 N–H and O–H groups in total. The van der Waals surface area contributed by atoms with Crippen molar-refractivity contribution in [1.82, 2.24) is 4.90 Å². The van der Waals surface area contributed by atoms with Gasteiger partial charge in [0.1, 0.15) is 5.82 Å². The monoisotopic (exact) mass is 212 g/mol. The summed E-state index contributed by atoms with van der Waals surface area (Å²) in [5, 5.41) is 10.6. The number of halogens is 1. The lowest BCUT2D eigenvalue weighted by atomic mass is 10.1. The topological polar surface area (TPSA) is 63.5 Å². The number of carbonyl (C=O) groups excluding carboxylic acids is 1. The molecular formula is C9H9FN2O3. The Morgan fingerprint density at radius 3 is 2.53 bits per heavy atom. The molecule has 0 aliphatic carbocycles. The SMILES string of the molecule is CN(C)C(=O)c1c(F)cccc1[N+](=O)[O-]. The Bertz CT molecular complexity index is 418. The van der Waals surface area contributed by atoms with Crippen LogP contribution in [0.2, 0.25) is 0 Å². The van der Waals surface area contributed by atoms with Crippen LogP contribution in [0.15, 0.2) is 18.2 Å². The molecule has 5 nitrogen and oxygen atoms in total. The quantitative estimate of drug-likeness (QED) is 0.550. The molecule has 0 aromatic heterocycles. The number of nitro groups is 1. The summed E-state index contributed by atoms with van der Waals surface area (Å²) in [5.41, 5.74) is -1.03. The van der Waals surface area contributed by atoms with Crippen LogP contribution in [-0.2, 0) is 0 Å².